The minimum absolute atomic E-state index is 0.0461. The van der Waals surface area contributed by atoms with Gasteiger partial charge in [0.2, 0.25) is 5.95 Å². The summed E-state index contributed by atoms with van der Waals surface area (Å²) in [6.45, 7) is -0.534. The lowest BCUT2D eigenvalue weighted by atomic mass is 10.2. The summed E-state index contributed by atoms with van der Waals surface area (Å²) in [7, 11) is -3.91. The third kappa shape index (κ3) is 5.63. The molecule has 0 spiro atoms. The molecule has 12 nitrogen and oxygen atoms in total. The lowest BCUT2D eigenvalue weighted by molar-refractivity contribution is -0.119. The van der Waals surface area contributed by atoms with E-state index in [4.69, 9.17) is 4.74 Å². The molecule has 190 valence electrons. The topological polar surface area (TPSA) is 169 Å². The number of esters is 1. The number of H-pyrrole nitrogens is 1. The number of ether oxygens (including phenoxy) is 1. The van der Waals surface area contributed by atoms with Crippen molar-refractivity contribution in [1.29, 1.82) is 0 Å². The number of aromatic amines is 1. The number of nitrogens with zero attached hydrogens (tertiary/aromatic N) is 4. The van der Waals surface area contributed by atoms with Crippen molar-refractivity contribution in [1.82, 2.24) is 24.9 Å². The summed E-state index contributed by atoms with van der Waals surface area (Å²) in [4.78, 5) is 44.1. The van der Waals surface area contributed by atoms with Crippen LogP contribution in [0.25, 0.3) is 22.4 Å². The fraction of sp³-hybridized carbons (Fsp3) is 0.0400. The van der Waals surface area contributed by atoms with Crippen LogP contribution in [0.5, 0.6) is 0 Å². The first kappa shape index (κ1) is 24.5. The smallest absolute Gasteiger partial charge is 0.338 e. The SMILES string of the molecule is O=C(COC(=O)c1ccc2nc(-c3cccnc3)[nH]c2c1)Nc1ccc(S(=O)(=O)Nc2ncccn2)cc1. The Morgan fingerprint density at radius 2 is 1.74 bits per heavy atom. The number of anilines is 2. The van der Waals surface area contributed by atoms with E-state index in [0.29, 0.717) is 22.5 Å². The van der Waals surface area contributed by atoms with Crippen molar-refractivity contribution in [2.24, 2.45) is 0 Å². The predicted molar refractivity (Wildman–Crippen MR) is 138 cm³/mol. The number of nitrogens with one attached hydrogen (secondary N) is 3. The van der Waals surface area contributed by atoms with E-state index in [1.54, 1.807) is 42.7 Å². The van der Waals surface area contributed by atoms with Crippen molar-refractivity contribution in [3.8, 4) is 11.4 Å². The Hall–Kier alpha value is -5.17. The van der Waals surface area contributed by atoms with E-state index in [1.807, 2.05) is 6.07 Å². The van der Waals surface area contributed by atoms with Gasteiger partial charge in [0.15, 0.2) is 6.61 Å². The highest BCUT2D eigenvalue weighted by molar-refractivity contribution is 7.92. The number of amides is 1. The molecule has 0 unspecified atom stereocenters. The number of rotatable bonds is 8. The summed E-state index contributed by atoms with van der Waals surface area (Å²) in [6.07, 6.45) is 6.15. The number of aromatic nitrogens is 5. The summed E-state index contributed by atoms with van der Waals surface area (Å²) < 4.78 is 32.3. The first-order chi connectivity index (χ1) is 18.4. The van der Waals surface area contributed by atoms with E-state index in [-0.39, 0.29) is 16.4 Å². The summed E-state index contributed by atoms with van der Waals surface area (Å²) in [5.41, 5.74) is 2.66. The second kappa shape index (κ2) is 10.4. The number of hydrogen-bond donors (Lipinski definition) is 3. The fourth-order valence-electron chi connectivity index (χ4n) is 3.44. The van der Waals surface area contributed by atoms with Crippen LogP contribution in [-0.4, -0.2) is 51.8 Å². The zero-order valence-electron chi connectivity index (χ0n) is 19.5. The Morgan fingerprint density at radius 3 is 2.47 bits per heavy atom. The normalized spacial score (nSPS) is 11.2. The summed E-state index contributed by atoms with van der Waals surface area (Å²) in [5, 5.41) is 2.55. The molecule has 5 rings (SSSR count). The monoisotopic (exact) mass is 529 g/mol. The number of carbonyl (C=O) groups is 2. The average Bonchev–Trinajstić information content (AvgIpc) is 3.36. The molecule has 0 aliphatic heterocycles. The number of imidazole rings is 1. The Morgan fingerprint density at radius 1 is 0.947 bits per heavy atom. The minimum atomic E-state index is -3.91. The Labute approximate surface area is 216 Å². The van der Waals surface area contributed by atoms with Gasteiger partial charge in [0, 0.05) is 36.0 Å². The zero-order valence-corrected chi connectivity index (χ0v) is 20.3. The average molecular weight is 530 g/mol. The second-order valence-electron chi connectivity index (χ2n) is 7.89. The molecule has 0 saturated carbocycles. The van der Waals surface area contributed by atoms with Gasteiger partial charge in [-0.2, -0.15) is 0 Å². The predicted octanol–water partition coefficient (Wildman–Crippen LogP) is 3.01. The molecule has 13 heteroatoms. The van der Waals surface area contributed by atoms with Crippen molar-refractivity contribution in [2.45, 2.75) is 4.90 Å². The summed E-state index contributed by atoms with van der Waals surface area (Å²) >= 11 is 0. The van der Waals surface area contributed by atoms with E-state index < -0.39 is 28.5 Å². The molecule has 0 saturated heterocycles. The second-order valence-corrected chi connectivity index (χ2v) is 9.57. The zero-order chi connectivity index (χ0) is 26.5. The molecule has 0 radical (unpaired) electrons. The number of hydrogen-bond acceptors (Lipinski definition) is 9. The van der Waals surface area contributed by atoms with Gasteiger partial charge in [-0.1, -0.05) is 0 Å². The van der Waals surface area contributed by atoms with Gasteiger partial charge in [0.1, 0.15) is 5.82 Å². The van der Waals surface area contributed by atoms with Crippen molar-refractivity contribution in [3.63, 3.8) is 0 Å². The van der Waals surface area contributed by atoms with E-state index in [0.717, 1.165) is 5.56 Å². The number of benzene rings is 2. The highest BCUT2D eigenvalue weighted by atomic mass is 32.2. The van der Waals surface area contributed by atoms with Gasteiger partial charge in [-0.3, -0.25) is 9.78 Å². The standard InChI is InChI=1S/C25H19N7O5S/c33-22(29-18-5-7-19(8-6-18)38(35,36)32-25-27-11-2-12-28-25)15-37-24(34)16-4-9-20-21(13-16)31-23(30-20)17-3-1-10-26-14-17/h1-14H,15H2,(H,29,33)(H,30,31)(H,27,28,32). The molecule has 5 aromatic rings. The van der Waals surface area contributed by atoms with Crippen molar-refractivity contribution in [2.75, 3.05) is 16.6 Å². The van der Waals surface area contributed by atoms with Crippen LogP contribution in [0, 0.1) is 0 Å². The van der Waals surface area contributed by atoms with Crippen LogP contribution < -0.4 is 10.0 Å². The van der Waals surface area contributed by atoms with E-state index in [9.17, 15) is 18.0 Å². The molecule has 0 bridgehead atoms. The lowest BCUT2D eigenvalue weighted by Crippen LogP contribution is -2.21. The van der Waals surface area contributed by atoms with Gasteiger partial charge >= 0.3 is 5.97 Å². The van der Waals surface area contributed by atoms with Crippen LogP contribution in [0.3, 0.4) is 0 Å². The molecule has 0 aliphatic rings. The maximum absolute atomic E-state index is 12.5. The molecule has 3 aromatic heterocycles. The molecule has 3 N–H and O–H groups in total. The summed E-state index contributed by atoms with van der Waals surface area (Å²) in [5.74, 6) is -0.727. The highest BCUT2D eigenvalue weighted by Crippen LogP contribution is 2.21. The fourth-order valence-corrected chi connectivity index (χ4v) is 4.39. The quantitative estimate of drug-likeness (QED) is 0.256. The lowest BCUT2D eigenvalue weighted by Gasteiger charge is -2.09. The first-order valence-electron chi connectivity index (χ1n) is 11.1. The summed E-state index contributed by atoms with van der Waals surface area (Å²) in [6, 6.07) is 15.5. The van der Waals surface area contributed by atoms with E-state index in [1.165, 1.54) is 36.7 Å². The molecular weight excluding hydrogens is 510 g/mol. The molecule has 2 aromatic carbocycles. The molecular formula is C25H19N7O5S. The Kier molecular flexibility index (Phi) is 6.74. The number of pyridine rings is 1. The maximum Gasteiger partial charge on any atom is 0.338 e. The number of carbonyl (C=O) groups excluding carboxylic acids is 2. The highest BCUT2D eigenvalue weighted by Gasteiger charge is 2.16. The molecule has 1 amide bonds. The molecule has 3 heterocycles. The van der Waals surface area contributed by atoms with Gasteiger partial charge in [-0.15, -0.1) is 0 Å². The van der Waals surface area contributed by atoms with Crippen molar-refractivity contribution >= 4 is 44.6 Å². The maximum atomic E-state index is 12.5. The minimum Gasteiger partial charge on any atom is -0.452 e. The molecule has 0 aliphatic carbocycles. The van der Waals surface area contributed by atoms with Crippen LogP contribution >= 0.6 is 0 Å². The first-order valence-corrected chi connectivity index (χ1v) is 12.6. The van der Waals surface area contributed by atoms with Crippen LogP contribution in [0.15, 0.2) is 90.3 Å². The van der Waals surface area contributed by atoms with Crippen LogP contribution in [0.1, 0.15) is 10.4 Å². The van der Waals surface area contributed by atoms with Gasteiger partial charge in [-0.25, -0.2) is 32.9 Å². The Balaban J connectivity index is 1.17. The van der Waals surface area contributed by atoms with Gasteiger partial charge < -0.3 is 15.0 Å². The van der Waals surface area contributed by atoms with Gasteiger partial charge in [0.05, 0.1) is 21.5 Å². The molecule has 0 fully saturated rings. The van der Waals surface area contributed by atoms with Gasteiger partial charge in [-0.05, 0) is 60.7 Å². The number of sulfonamides is 1. The largest absolute Gasteiger partial charge is 0.452 e. The van der Waals surface area contributed by atoms with Crippen LogP contribution in [-0.2, 0) is 19.6 Å². The van der Waals surface area contributed by atoms with Crippen molar-refractivity contribution < 1.29 is 22.7 Å². The molecule has 0 atom stereocenters. The van der Waals surface area contributed by atoms with E-state index >= 15 is 0 Å². The van der Waals surface area contributed by atoms with E-state index in [2.05, 4.69) is 35.0 Å². The Bertz CT molecular complexity index is 1710. The third-order valence-electron chi connectivity index (χ3n) is 5.23. The van der Waals surface area contributed by atoms with Gasteiger partial charge in [0.25, 0.3) is 15.9 Å². The van der Waals surface area contributed by atoms with Crippen LogP contribution in [0.4, 0.5) is 11.6 Å². The third-order valence-corrected chi connectivity index (χ3v) is 6.57. The molecule has 38 heavy (non-hydrogen) atoms. The number of fused-ring (bicyclic) bond motifs is 1. The van der Waals surface area contributed by atoms with Crippen LogP contribution in [0.2, 0.25) is 0 Å². The van der Waals surface area contributed by atoms with Crippen molar-refractivity contribution in [3.05, 3.63) is 91.0 Å².